The van der Waals surface area contributed by atoms with Crippen LogP contribution in [0.5, 0.6) is 5.75 Å². The third kappa shape index (κ3) is 4.86. The summed E-state index contributed by atoms with van der Waals surface area (Å²) in [5, 5.41) is 0. The van der Waals surface area contributed by atoms with Crippen LogP contribution in [-0.4, -0.2) is 54.4 Å². The Morgan fingerprint density at radius 3 is 2.75 bits per heavy atom. The van der Waals surface area contributed by atoms with Crippen molar-refractivity contribution in [2.45, 2.75) is 51.4 Å². The van der Waals surface area contributed by atoms with Gasteiger partial charge in [0, 0.05) is 44.4 Å². The number of para-hydroxylation sites is 1. The molecule has 0 aromatic heterocycles. The van der Waals surface area contributed by atoms with Gasteiger partial charge in [0.15, 0.2) is 0 Å². The second kappa shape index (κ2) is 8.54. The van der Waals surface area contributed by atoms with Gasteiger partial charge >= 0.3 is 0 Å². The minimum Gasteiger partial charge on any atom is -0.494 e. The first-order chi connectivity index (χ1) is 13.6. The lowest BCUT2D eigenvalue weighted by atomic mass is 9.73. The zero-order chi connectivity index (χ0) is 19.4. The first-order valence-electron chi connectivity index (χ1n) is 10.9. The van der Waals surface area contributed by atoms with E-state index in [2.05, 4.69) is 9.80 Å². The summed E-state index contributed by atoms with van der Waals surface area (Å²) in [5.74, 6) is 2.14. The van der Waals surface area contributed by atoms with E-state index in [-0.39, 0.29) is 11.3 Å². The van der Waals surface area contributed by atoms with Crippen LogP contribution in [0.15, 0.2) is 30.3 Å². The van der Waals surface area contributed by atoms with Crippen LogP contribution >= 0.6 is 0 Å². The number of piperidine rings is 2. The van der Waals surface area contributed by atoms with Gasteiger partial charge < -0.3 is 14.5 Å². The number of benzene rings is 1. The van der Waals surface area contributed by atoms with Gasteiger partial charge in [-0.15, -0.1) is 0 Å². The van der Waals surface area contributed by atoms with E-state index < -0.39 is 0 Å². The van der Waals surface area contributed by atoms with Crippen molar-refractivity contribution in [1.29, 1.82) is 0 Å². The highest BCUT2D eigenvalue weighted by Crippen LogP contribution is 2.40. The van der Waals surface area contributed by atoms with Crippen molar-refractivity contribution >= 4 is 11.8 Å². The van der Waals surface area contributed by atoms with Crippen LogP contribution in [-0.2, 0) is 9.59 Å². The van der Waals surface area contributed by atoms with E-state index in [1.807, 2.05) is 30.3 Å². The smallest absolute Gasteiger partial charge is 0.222 e. The third-order valence-electron chi connectivity index (χ3n) is 6.48. The van der Waals surface area contributed by atoms with Gasteiger partial charge in [-0.3, -0.25) is 9.59 Å². The third-order valence-corrected chi connectivity index (χ3v) is 6.48. The number of ether oxygens (including phenoxy) is 1. The van der Waals surface area contributed by atoms with Gasteiger partial charge in [-0.1, -0.05) is 18.2 Å². The molecule has 0 bridgehead atoms. The Labute approximate surface area is 168 Å². The van der Waals surface area contributed by atoms with Gasteiger partial charge in [0.05, 0.1) is 6.61 Å². The van der Waals surface area contributed by atoms with E-state index in [1.54, 1.807) is 0 Å². The van der Waals surface area contributed by atoms with E-state index in [1.165, 1.54) is 12.8 Å². The number of carbonyl (C=O) groups excluding carboxylic acids is 2. The predicted molar refractivity (Wildman–Crippen MR) is 108 cm³/mol. The molecular weight excluding hydrogens is 352 g/mol. The standard InChI is InChI=1S/C23H32N2O3/c26-21(8-4-15-28-20-6-2-1-3-7-20)24-14-5-12-23(17-24)13-11-22(27)25(18-23)16-19-9-10-19/h1-3,6-7,19H,4-5,8-18H2/t23-/m0/s1. The maximum absolute atomic E-state index is 12.8. The van der Waals surface area contributed by atoms with Crippen molar-refractivity contribution in [3.8, 4) is 5.75 Å². The summed E-state index contributed by atoms with van der Waals surface area (Å²) < 4.78 is 5.71. The van der Waals surface area contributed by atoms with Gasteiger partial charge in [-0.05, 0) is 56.6 Å². The maximum Gasteiger partial charge on any atom is 0.222 e. The van der Waals surface area contributed by atoms with Crippen molar-refractivity contribution in [2.24, 2.45) is 11.3 Å². The summed E-state index contributed by atoms with van der Waals surface area (Å²) in [4.78, 5) is 29.2. The molecule has 152 valence electrons. The van der Waals surface area contributed by atoms with Crippen LogP contribution in [0.4, 0.5) is 0 Å². The van der Waals surface area contributed by atoms with Gasteiger partial charge in [-0.2, -0.15) is 0 Å². The fraction of sp³-hybridized carbons (Fsp3) is 0.652. The largest absolute Gasteiger partial charge is 0.494 e. The average molecular weight is 385 g/mol. The fourth-order valence-electron chi connectivity index (χ4n) is 4.72. The first kappa shape index (κ1) is 19.3. The van der Waals surface area contributed by atoms with E-state index >= 15 is 0 Å². The van der Waals surface area contributed by atoms with Crippen LogP contribution in [0, 0.1) is 11.3 Å². The second-order valence-corrected chi connectivity index (χ2v) is 8.90. The van der Waals surface area contributed by atoms with E-state index in [0.717, 1.165) is 63.5 Å². The number of hydrogen-bond acceptors (Lipinski definition) is 3. The molecule has 2 amide bonds. The second-order valence-electron chi connectivity index (χ2n) is 8.90. The Bertz CT molecular complexity index is 688. The molecule has 0 radical (unpaired) electrons. The number of rotatable bonds is 7. The highest BCUT2D eigenvalue weighted by molar-refractivity contribution is 5.78. The Hall–Kier alpha value is -2.04. The van der Waals surface area contributed by atoms with Crippen LogP contribution in [0.2, 0.25) is 0 Å². The van der Waals surface area contributed by atoms with Gasteiger partial charge in [0.25, 0.3) is 0 Å². The highest BCUT2D eigenvalue weighted by Gasteiger charge is 2.43. The Balaban J connectivity index is 1.25. The summed E-state index contributed by atoms with van der Waals surface area (Å²) in [6.45, 7) is 4.03. The topological polar surface area (TPSA) is 49.9 Å². The normalized spacial score (nSPS) is 25.2. The molecule has 2 heterocycles. The minimum atomic E-state index is 0.122. The number of hydrogen-bond donors (Lipinski definition) is 0. The van der Waals surface area contributed by atoms with Crippen molar-refractivity contribution in [3.63, 3.8) is 0 Å². The van der Waals surface area contributed by atoms with E-state index in [0.29, 0.717) is 25.4 Å². The van der Waals surface area contributed by atoms with E-state index in [9.17, 15) is 9.59 Å². The lowest BCUT2D eigenvalue weighted by Crippen LogP contribution is -2.55. The molecule has 1 aromatic carbocycles. The summed E-state index contributed by atoms with van der Waals surface area (Å²) >= 11 is 0. The van der Waals surface area contributed by atoms with Crippen LogP contribution in [0.25, 0.3) is 0 Å². The van der Waals surface area contributed by atoms with Crippen molar-refractivity contribution in [1.82, 2.24) is 9.80 Å². The highest BCUT2D eigenvalue weighted by atomic mass is 16.5. The number of carbonyl (C=O) groups is 2. The monoisotopic (exact) mass is 384 g/mol. The molecule has 1 aliphatic carbocycles. The predicted octanol–water partition coefficient (Wildman–Crippen LogP) is 3.49. The van der Waals surface area contributed by atoms with Crippen LogP contribution < -0.4 is 4.74 Å². The van der Waals surface area contributed by atoms with Gasteiger partial charge in [0.1, 0.15) is 5.75 Å². The molecule has 28 heavy (non-hydrogen) atoms. The molecule has 1 aromatic rings. The molecule has 3 fully saturated rings. The summed E-state index contributed by atoms with van der Waals surface area (Å²) in [5.41, 5.74) is 0.122. The summed E-state index contributed by atoms with van der Waals surface area (Å²) in [6, 6.07) is 9.75. The molecule has 1 saturated carbocycles. The SMILES string of the molecule is O=C(CCCOc1ccccc1)N1CCC[C@]2(CCC(=O)N(CC3CC3)C2)C1. The number of likely N-dealkylation sites (tertiary alicyclic amines) is 2. The molecule has 5 heteroatoms. The Morgan fingerprint density at radius 1 is 1.14 bits per heavy atom. The van der Waals surface area contributed by atoms with Crippen LogP contribution in [0.1, 0.15) is 51.4 Å². The lowest BCUT2D eigenvalue weighted by molar-refractivity contribution is -0.143. The number of nitrogens with zero attached hydrogens (tertiary/aromatic N) is 2. The van der Waals surface area contributed by atoms with Crippen molar-refractivity contribution < 1.29 is 14.3 Å². The maximum atomic E-state index is 12.8. The van der Waals surface area contributed by atoms with E-state index in [4.69, 9.17) is 4.74 Å². The quantitative estimate of drug-likeness (QED) is 0.676. The van der Waals surface area contributed by atoms with Crippen molar-refractivity contribution in [2.75, 3.05) is 32.8 Å². The molecular formula is C23H32N2O3. The minimum absolute atomic E-state index is 0.122. The molecule has 3 aliphatic rings. The molecule has 0 unspecified atom stereocenters. The molecule has 2 aliphatic heterocycles. The molecule has 1 atom stereocenters. The Morgan fingerprint density at radius 2 is 1.96 bits per heavy atom. The summed E-state index contributed by atoms with van der Waals surface area (Å²) in [7, 11) is 0. The molecule has 2 saturated heterocycles. The zero-order valence-corrected chi connectivity index (χ0v) is 16.8. The molecule has 5 nitrogen and oxygen atoms in total. The van der Waals surface area contributed by atoms with Crippen molar-refractivity contribution in [3.05, 3.63) is 30.3 Å². The average Bonchev–Trinajstić information content (AvgIpc) is 3.53. The van der Waals surface area contributed by atoms with Crippen LogP contribution in [0.3, 0.4) is 0 Å². The molecule has 4 rings (SSSR count). The Kier molecular flexibility index (Phi) is 5.88. The van der Waals surface area contributed by atoms with Gasteiger partial charge in [-0.25, -0.2) is 0 Å². The molecule has 0 N–H and O–H groups in total. The fourth-order valence-corrected chi connectivity index (χ4v) is 4.72. The first-order valence-corrected chi connectivity index (χ1v) is 10.9. The zero-order valence-electron chi connectivity index (χ0n) is 16.8. The number of amides is 2. The lowest BCUT2D eigenvalue weighted by Gasteiger charge is -2.48. The van der Waals surface area contributed by atoms with Gasteiger partial charge in [0.2, 0.25) is 11.8 Å². The summed E-state index contributed by atoms with van der Waals surface area (Å²) in [6.07, 6.45) is 7.60. The molecule has 1 spiro atoms.